The molecule has 0 aromatic rings. The van der Waals surface area contributed by atoms with Gasteiger partial charge in [-0.3, -0.25) is 0 Å². The van der Waals surface area contributed by atoms with Crippen LogP contribution in [0.4, 0.5) is 0 Å². The molecule has 10 heavy (non-hydrogen) atoms. The summed E-state index contributed by atoms with van der Waals surface area (Å²) in [6.07, 6.45) is 2.70. The Morgan fingerprint density at radius 1 is 1.50 bits per heavy atom. The van der Waals surface area contributed by atoms with E-state index in [1.165, 1.54) is 0 Å². The van der Waals surface area contributed by atoms with E-state index in [0.29, 0.717) is 13.2 Å². The Bertz CT molecular complexity index is 114. The van der Waals surface area contributed by atoms with Crippen LogP contribution in [0, 0.1) is 0 Å². The van der Waals surface area contributed by atoms with Crippen molar-refractivity contribution in [3.63, 3.8) is 0 Å². The topological polar surface area (TPSA) is 38.7 Å². The number of ether oxygens (including phenoxy) is 2. The van der Waals surface area contributed by atoms with Crippen molar-refractivity contribution in [1.82, 2.24) is 0 Å². The van der Waals surface area contributed by atoms with Gasteiger partial charge in [-0.05, 0) is 13.0 Å². The van der Waals surface area contributed by atoms with Crippen molar-refractivity contribution in [2.45, 2.75) is 19.3 Å². The molecule has 0 aromatic carbocycles. The number of hydrogen-bond acceptors (Lipinski definition) is 3. The van der Waals surface area contributed by atoms with Gasteiger partial charge in [-0.2, -0.15) is 0 Å². The van der Waals surface area contributed by atoms with E-state index >= 15 is 0 Å². The predicted molar refractivity (Wildman–Crippen MR) is 36.5 cm³/mol. The molecule has 1 N–H and O–H groups in total. The lowest BCUT2D eigenvalue weighted by Crippen LogP contribution is -2.04. The highest BCUT2D eigenvalue weighted by Gasteiger charge is 2.11. The molecule has 0 aromatic heterocycles. The Morgan fingerprint density at radius 2 is 2.10 bits per heavy atom. The molecule has 1 heterocycles. The maximum Gasteiger partial charge on any atom is 0.177 e. The summed E-state index contributed by atoms with van der Waals surface area (Å²) in [7, 11) is 0. The number of aliphatic hydroxyl groups excluding tert-OH is 1. The van der Waals surface area contributed by atoms with Gasteiger partial charge in [0.25, 0.3) is 0 Å². The van der Waals surface area contributed by atoms with Crippen molar-refractivity contribution in [3.05, 3.63) is 12.2 Å². The van der Waals surface area contributed by atoms with Crippen LogP contribution in [0.2, 0.25) is 0 Å². The Hall–Kier alpha value is -0.380. The normalized spacial score (nSPS) is 24.2. The monoisotopic (exact) mass is 144 g/mol. The summed E-state index contributed by atoms with van der Waals surface area (Å²) >= 11 is 0. The molecule has 1 unspecified atom stereocenters. The zero-order chi connectivity index (χ0) is 7.40. The fourth-order valence-electron chi connectivity index (χ4n) is 0.739. The van der Waals surface area contributed by atoms with Crippen molar-refractivity contribution < 1.29 is 14.6 Å². The molecule has 1 atom stereocenters. The standard InChI is InChI=1S/C7H12O3/c1-6(8)2-3-7-9-4-5-10-7/h2-3,6-8H,4-5H2,1H3/b3-2+. The molecular weight excluding hydrogens is 132 g/mol. The first-order valence-electron chi connectivity index (χ1n) is 3.38. The van der Waals surface area contributed by atoms with Crippen LogP contribution in [0.1, 0.15) is 6.92 Å². The minimum absolute atomic E-state index is 0.241. The first-order chi connectivity index (χ1) is 4.79. The molecule has 3 nitrogen and oxygen atoms in total. The van der Waals surface area contributed by atoms with Gasteiger partial charge in [0.05, 0.1) is 19.3 Å². The smallest absolute Gasteiger partial charge is 0.177 e. The van der Waals surface area contributed by atoms with Gasteiger partial charge in [-0.25, -0.2) is 0 Å². The first-order valence-corrected chi connectivity index (χ1v) is 3.38. The van der Waals surface area contributed by atoms with E-state index in [0.717, 1.165) is 0 Å². The summed E-state index contributed by atoms with van der Waals surface area (Å²) in [4.78, 5) is 0. The molecule has 1 aliphatic rings. The van der Waals surface area contributed by atoms with Gasteiger partial charge in [0.15, 0.2) is 6.29 Å². The Kier molecular flexibility index (Phi) is 2.86. The van der Waals surface area contributed by atoms with Crippen molar-refractivity contribution in [1.29, 1.82) is 0 Å². The van der Waals surface area contributed by atoms with Crippen LogP contribution in [0.5, 0.6) is 0 Å². The van der Waals surface area contributed by atoms with Crippen LogP contribution in [0.15, 0.2) is 12.2 Å². The molecule has 0 bridgehead atoms. The second-order valence-corrected chi connectivity index (χ2v) is 2.24. The molecule has 0 aliphatic carbocycles. The van der Waals surface area contributed by atoms with Gasteiger partial charge in [0, 0.05) is 0 Å². The lowest BCUT2D eigenvalue weighted by molar-refractivity contribution is -0.00228. The summed E-state index contributed by atoms with van der Waals surface area (Å²) in [6, 6.07) is 0. The van der Waals surface area contributed by atoms with E-state index < -0.39 is 6.10 Å². The third-order valence-corrected chi connectivity index (χ3v) is 1.19. The Labute approximate surface area is 60.3 Å². The predicted octanol–water partition coefficient (Wildman–Crippen LogP) is 0.296. The summed E-state index contributed by atoms with van der Waals surface area (Å²) in [5, 5.41) is 8.81. The molecule has 1 fully saturated rings. The average molecular weight is 144 g/mol. The molecule has 3 heteroatoms. The molecular formula is C7H12O3. The minimum atomic E-state index is -0.423. The van der Waals surface area contributed by atoms with E-state index in [1.807, 2.05) is 0 Å². The zero-order valence-electron chi connectivity index (χ0n) is 5.99. The maximum absolute atomic E-state index is 8.81. The molecule has 0 amide bonds. The van der Waals surface area contributed by atoms with Crippen molar-refractivity contribution in [2.24, 2.45) is 0 Å². The summed E-state index contributed by atoms with van der Waals surface area (Å²) in [6.45, 7) is 2.98. The number of rotatable bonds is 2. The Morgan fingerprint density at radius 3 is 2.60 bits per heavy atom. The van der Waals surface area contributed by atoms with Crippen molar-refractivity contribution in [3.8, 4) is 0 Å². The molecule has 1 aliphatic heterocycles. The second kappa shape index (κ2) is 3.71. The van der Waals surface area contributed by atoms with Gasteiger partial charge in [-0.1, -0.05) is 6.08 Å². The second-order valence-electron chi connectivity index (χ2n) is 2.24. The van der Waals surface area contributed by atoms with Crippen molar-refractivity contribution in [2.75, 3.05) is 13.2 Å². The van der Waals surface area contributed by atoms with Crippen LogP contribution in [-0.2, 0) is 9.47 Å². The maximum atomic E-state index is 8.81. The highest BCUT2D eigenvalue weighted by Crippen LogP contribution is 2.04. The van der Waals surface area contributed by atoms with Gasteiger partial charge in [-0.15, -0.1) is 0 Å². The third-order valence-electron chi connectivity index (χ3n) is 1.19. The van der Waals surface area contributed by atoms with E-state index in [1.54, 1.807) is 19.1 Å². The number of aliphatic hydroxyl groups is 1. The van der Waals surface area contributed by atoms with Gasteiger partial charge in [0.1, 0.15) is 0 Å². The van der Waals surface area contributed by atoms with E-state index in [4.69, 9.17) is 14.6 Å². The minimum Gasteiger partial charge on any atom is -0.389 e. The molecule has 0 saturated carbocycles. The molecule has 0 spiro atoms. The summed E-state index contributed by atoms with van der Waals surface area (Å²) in [5.74, 6) is 0. The Balaban J connectivity index is 2.23. The summed E-state index contributed by atoms with van der Waals surface area (Å²) in [5.41, 5.74) is 0. The fourth-order valence-corrected chi connectivity index (χ4v) is 0.739. The molecule has 0 radical (unpaired) electrons. The lowest BCUT2D eigenvalue weighted by Gasteiger charge is -2.01. The van der Waals surface area contributed by atoms with Crippen LogP contribution in [-0.4, -0.2) is 30.7 Å². The van der Waals surface area contributed by atoms with Crippen LogP contribution in [0.3, 0.4) is 0 Å². The molecule has 1 saturated heterocycles. The van der Waals surface area contributed by atoms with Gasteiger partial charge >= 0.3 is 0 Å². The van der Waals surface area contributed by atoms with E-state index in [2.05, 4.69) is 0 Å². The fraction of sp³-hybridized carbons (Fsp3) is 0.714. The lowest BCUT2D eigenvalue weighted by atomic mass is 10.3. The highest BCUT2D eigenvalue weighted by molar-refractivity contribution is 4.90. The van der Waals surface area contributed by atoms with Crippen LogP contribution >= 0.6 is 0 Å². The van der Waals surface area contributed by atoms with Crippen LogP contribution < -0.4 is 0 Å². The van der Waals surface area contributed by atoms with Crippen LogP contribution in [0.25, 0.3) is 0 Å². The van der Waals surface area contributed by atoms with E-state index in [9.17, 15) is 0 Å². The van der Waals surface area contributed by atoms with Gasteiger partial charge in [0.2, 0.25) is 0 Å². The van der Waals surface area contributed by atoms with E-state index in [-0.39, 0.29) is 6.29 Å². The quantitative estimate of drug-likeness (QED) is 0.566. The van der Waals surface area contributed by atoms with Gasteiger partial charge < -0.3 is 14.6 Å². The van der Waals surface area contributed by atoms with Crippen molar-refractivity contribution >= 4 is 0 Å². The zero-order valence-corrected chi connectivity index (χ0v) is 5.99. The third kappa shape index (κ3) is 2.47. The number of hydrogen-bond donors (Lipinski definition) is 1. The molecule has 58 valence electrons. The SMILES string of the molecule is CC(O)/C=C/C1OCCO1. The summed E-state index contributed by atoms with van der Waals surface area (Å²) < 4.78 is 10.2. The molecule has 1 rings (SSSR count). The average Bonchev–Trinajstić information content (AvgIpc) is 2.34. The largest absolute Gasteiger partial charge is 0.389 e. The first kappa shape index (κ1) is 7.72. The highest BCUT2D eigenvalue weighted by atomic mass is 16.7.